The Hall–Kier alpha value is -2.55. The Morgan fingerprint density at radius 1 is 1.07 bits per heavy atom. The van der Waals surface area contributed by atoms with Crippen LogP contribution in [0.3, 0.4) is 0 Å². The Balaban J connectivity index is 1.80. The van der Waals surface area contributed by atoms with Crippen molar-refractivity contribution in [1.82, 2.24) is 5.32 Å². The minimum Gasteiger partial charge on any atom is -0.496 e. The van der Waals surface area contributed by atoms with Crippen LogP contribution in [0.5, 0.6) is 5.75 Å². The molecule has 2 N–H and O–H groups in total. The van der Waals surface area contributed by atoms with Crippen molar-refractivity contribution < 1.29 is 27.5 Å². The highest BCUT2D eigenvalue weighted by molar-refractivity contribution is 9.10. The standard InChI is InChI=1S/C18H16BrF3N2O3/c1-27-14-6-2-10(8-11(14)19)3-7-15(25)23-9-16(26)24-13-5-4-12(20)17(21)18(13)22/h2,4-6,8H,3,7,9H2,1H3,(H,23,25)(H,24,26). The molecule has 0 aliphatic heterocycles. The smallest absolute Gasteiger partial charge is 0.243 e. The van der Waals surface area contributed by atoms with Crippen LogP contribution in [-0.2, 0) is 16.0 Å². The van der Waals surface area contributed by atoms with Crippen molar-refractivity contribution in [1.29, 1.82) is 0 Å². The number of hydrogen-bond donors (Lipinski definition) is 2. The van der Waals surface area contributed by atoms with Crippen LogP contribution in [0.2, 0.25) is 0 Å². The number of hydrogen-bond acceptors (Lipinski definition) is 3. The number of amides is 2. The average Bonchev–Trinajstić information content (AvgIpc) is 2.65. The van der Waals surface area contributed by atoms with Gasteiger partial charge in [-0.1, -0.05) is 6.07 Å². The molecular weight excluding hydrogens is 429 g/mol. The second-order valence-corrected chi connectivity index (χ2v) is 6.37. The summed E-state index contributed by atoms with van der Waals surface area (Å²) in [5.41, 5.74) is 0.391. The van der Waals surface area contributed by atoms with Crippen LogP contribution in [0.1, 0.15) is 12.0 Å². The Labute approximate surface area is 162 Å². The highest BCUT2D eigenvalue weighted by atomic mass is 79.9. The van der Waals surface area contributed by atoms with Crippen LogP contribution in [0.15, 0.2) is 34.8 Å². The fourth-order valence-electron chi connectivity index (χ4n) is 2.21. The van der Waals surface area contributed by atoms with E-state index in [1.54, 1.807) is 13.2 Å². The highest BCUT2D eigenvalue weighted by Gasteiger charge is 2.15. The molecule has 0 fully saturated rings. The first kappa shape index (κ1) is 20.8. The lowest BCUT2D eigenvalue weighted by Crippen LogP contribution is -2.33. The maximum atomic E-state index is 13.5. The van der Waals surface area contributed by atoms with Gasteiger partial charge in [-0.05, 0) is 52.2 Å². The topological polar surface area (TPSA) is 67.4 Å². The zero-order valence-electron chi connectivity index (χ0n) is 14.2. The Kier molecular flexibility index (Phi) is 7.23. The molecule has 27 heavy (non-hydrogen) atoms. The molecule has 0 radical (unpaired) electrons. The Morgan fingerprint density at radius 3 is 2.48 bits per heavy atom. The molecule has 0 atom stereocenters. The Morgan fingerprint density at radius 2 is 1.81 bits per heavy atom. The van der Waals surface area contributed by atoms with E-state index in [0.717, 1.165) is 16.1 Å². The molecule has 0 spiro atoms. The normalized spacial score (nSPS) is 10.4. The molecule has 2 aromatic carbocycles. The van der Waals surface area contributed by atoms with E-state index in [9.17, 15) is 22.8 Å². The average molecular weight is 445 g/mol. The minimum atomic E-state index is -1.68. The second-order valence-electron chi connectivity index (χ2n) is 5.52. The first-order chi connectivity index (χ1) is 12.8. The third kappa shape index (κ3) is 5.72. The summed E-state index contributed by atoms with van der Waals surface area (Å²) >= 11 is 3.35. The number of benzene rings is 2. The van der Waals surface area contributed by atoms with Crippen molar-refractivity contribution in [2.24, 2.45) is 0 Å². The molecule has 0 unspecified atom stereocenters. The maximum Gasteiger partial charge on any atom is 0.243 e. The van der Waals surface area contributed by atoms with Gasteiger partial charge in [0, 0.05) is 6.42 Å². The van der Waals surface area contributed by atoms with E-state index in [2.05, 4.69) is 26.6 Å². The van der Waals surface area contributed by atoms with Gasteiger partial charge in [-0.2, -0.15) is 0 Å². The monoisotopic (exact) mass is 444 g/mol. The first-order valence-electron chi connectivity index (χ1n) is 7.84. The van der Waals surface area contributed by atoms with Crippen LogP contribution >= 0.6 is 15.9 Å². The quantitative estimate of drug-likeness (QED) is 0.641. The van der Waals surface area contributed by atoms with Gasteiger partial charge in [0.1, 0.15) is 5.75 Å². The third-order valence-corrected chi connectivity index (χ3v) is 4.23. The predicted molar refractivity (Wildman–Crippen MR) is 97.0 cm³/mol. The van der Waals surface area contributed by atoms with Gasteiger partial charge in [-0.15, -0.1) is 0 Å². The molecule has 0 aromatic heterocycles. The van der Waals surface area contributed by atoms with E-state index in [0.29, 0.717) is 18.2 Å². The van der Waals surface area contributed by atoms with Crippen molar-refractivity contribution in [2.45, 2.75) is 12.8 Å². The lowest BCUT2D eigenvalue weighted by molar-refractivity contribution is -0.124. The summed E-state index contributed by atoms with van der Waals surface area (Å²) in [5, 5.41) is 4.45. The molecule has 0 heterocycles. The summed E-state index contributed by atoms with van der Waals surface area (Å²) < 4.78 is 45.3. The predicted octanol–water partition coefficient (Wildman–Crippen LogP) is 3.56. The SMILES string of the molecule is COc1ccc(CCC(=O)NCC(=O)Nc2ccc(F)c(F)c2F)cc1Br. The Bertz CT molecular complexity index is 862. The van der Waals surface area contributed by atoms with Crippen LogP contribution < -0.4 is 15.4 Å². The summed E-state index contributed by atoms with van der Waals surface area (Å²) in [6.45, 7) is -0.427. The number of aryl methyl sites for hydroxylation is 1. The molecule has 0 bridgehead atoms. The lowest BCUT2D eigenvalue weighted by atomic mass is 10.1. The second kappa shape index (κ2) is 9.40. The van der Waals surface area contributed by atoms with E-state index in [-0.39, 0.29) is 12.3 Å². The molecule has 0 aliphatic rings. The number of carbonyl (C=O) groups excluding carboxylic acids is 2. The summed E-state index contributed by atoms with van der Waals surface area (Å²) in [5.74, 6) is -5.01. The van der Waals surface area contributed by atoms with Crippen molar-refractivity contribution in [3.05, 3.63) is 57.8 Å². The first-order valence-corrected chi connectivity index (χ1v) is 8.63. The van der Waals surface area contributed by atoms with Crippen LogP contribution in [0.4, 0.5) is 18.9 Å². The highest BCUT2D eigenvalue weighted by Crippen LogP contribution is 2.26. The summed E-state index contributed by atoms with van der Waals surface area (Å²) in [4.78, 5) is 23.6. The third-order valence-electron chi connectivity index (χ3n) is 3.61. The van der Waals surface area contributed by atoms with Gasteiger partial charge >= 0.3 is 0 Å². The molecule has 0 saturated heterocycles. The lowest BCUT2D eigenvalue weighted by Gasteiger charge is -2.09. The maximum absolute atomic E-state index is 13.5. The van der Waals surface area contributed by atoms with E-state index in [1.807, 2.05) is 12.1 Å². The van der Waals surface area contributed by atoms with Crippen molar-refractivity contribution >= 4 is 33.4 Å². The fraction of sp³-hybridized carbons (Fsp3) is 0.222. The van der Waals surface area contributed by atoms with Crippen LogP contribution in [0, 0.1) is 17.5 Å². The molecule has 0 saturated carbocycles. The zero-order valence-corrected chi connectivity index (χ0v) is 15.8. The number of rotatable bonds is 7. The molecule has 9 heteroatoms. The number of anilines is 1. The van der Waals surface area contributed by atoms with Gasteiger partial charge in [0.25, 0.3) is 0 Å². The number of halogens is 4. The summed E-state index contributed by atoms with van der Waals surface area (Å²) in [6, 6.07) is 7.00. The van der Waals surface area contributed by atoms with Crippen LogP contribution in [-0.4, -0.2) is 25.5 Å². The minimum absolute atomic E-state index is 0.131. The number of carbonyl (C=O) groups is 2. The van der Waals surface area contributed by atoms with E-state index < -0.39 is 35.6 Å². The van der Waals surface area contributed by atoms with Gasteiger partial charge in [0.15, 0.2) is 17.5 Å². The van der Waals surface area contributed by atoms with Gasteiger partial charge < -0.3 is 15.4 Å². The largest absolute Gasteiger partial charge is 0.496 e. The molecular formula is C18H16BrF3N2O3. The van der Waals surface area contributed by atoms with E-state index in [1.165, 1.54) is 0 Å². The van der Waals surface area contributed by atoms with Crippen molar-refractivity contribution in [3.8, 4) is 5.75 Å². The van der Waals surface area contributed by atoms with Crippen molar-refractivity contribution in [3.63, 3.8) is 0 Å². The zero-order chi connectivity index (χ0) is 20.0. The van der Waals surface area contributed by atoms with Gasteiger partial charge in [0.2, 0.25) is 11.8 Å². The molecule has 0 aliphatic carbocycles. The molecule has 2 aromatic rings. The van der Waals surface area contributed by atoms with E-state index >= 15 is 0 Å². The number of nitrogens with one attached hydrogen (secondary N) is 2. The summed E-state index contributed by atoms with van der Waals surface area (Å²) in [6.07, 6.45) is 0.569. The number of methoxy groups -OCH3 is 1. The fourth-order valence-corrected chi connectivity index (χ4v) is 2.80. The van der Waals surface area contributed by atoms with Gasteiger partial charge in [-0.3, -0.25) is 9.59 Å². The van der Waals surface area contributed by atoms with Gasteiger partial charge in [-0.25, -0.2) is 13.2 Å². The molecule has 5 nitrogen and oxygen atoms in total. The van der Waals surface area contributed by atoms with Gasteiger partial charge in [0.05, 0.1) is 23.8 Å². The molecule has 2 amide bonds. The van der Waals surface area contributed by atoms with Crippen LogP contribution in [0.25, 0.3) is 0 Å². The molecule has 144 valence electrons. The summed E-state index contributed by atoms with van der Waals surface area (Å²) in [7, 11) is 1.55. The molecule has 2 rings (SSSR count). The van der Waals surface area contributed by atoms with Crippen molar-refractivity contribution in [2.75, 3.05) is 19.0 Å². The van der Waals surface area contributed by atoms with E-state index in [4.69, 9.17) is 4.74 Å². The number of ether oxygens (including phenoxy) is 1.